The van der Waals surface area contributed by atoms with Crippen molar-refractivity contribution in [1.29, 1.82) is 0 Å². The third-order valence-electron chi connectivity index (χ3n) is 6.23. The van der Waals surface area contributed by atoms with E-state index in [4.69, 9.17) is 0 Å². The molecular formula is C35H27IrN3-2. The first-order valence-electron chi connectivity index (χ1n) is 12.5. The minimum Gasteiger partial charge on any atom is -0.304 e. The van der Waals surface area contributed by atoms with E-state index in [1.165, 1.54) is 11.1 Å². The average Bonchev–Trinajstić information content (AvgIpc) is 3.00. The predicted molar refractivity (Wildman–Crippen MR) is 155 cm³/mol. The molecule has 0 saturated heterocycles. The molecule has 1 radical (unpaired) electrons. The number of rotatable bonds is 4. The second kappa shape index (κ2) is 13.5. The summed E-state index contributed by atoms with van der Waals surface area (Å²) in [6, 6.07) is 45.0. The van der Waals surface area contributed by atoms with E-state index < -0.39 is 0 Å². The maximum Gasteiger partial charge on any atom is 0.0751 e. The quantitative estimate of drug-likeness (QED) is 0.175. The van der Waals surface area contributed by atoms with Gasteiger partial charge in [-0.05, 0) is 41.8 Å². The van der Waals surface area contributed by atoms with Gasteiger partial charge >= 0.3 is 0 Å². The molecule has 6 rings (SSSR count). The Hall–Kier alpha value is -4.24. The van der Waals surface area contributed by atoms with Gasteiger partial charge in [-0.25, -0.2) is 0 Å². The molecule has 0 bridgehead atoms. The van der Waals surface area contributed by atoms with Crippen LogP contribution in [0.2, 0.25) is 0 Å². The van der Waals surface area contributed by atoms with Crippen LogP contribution in [0.1, 0.15) is 11.3 Å². The second-order valence-corrected chi connectivity index (χ2v) is 8.89. The molecule has 0 amide bonds. The third kappa shape index (κ3) is 7.20. The normalized spacial score (nSPS) is 10.1. The molecule has 0 unspecified atom stereocenters. The molecule has 0 atom stereocenters. The molecule has 0 spiro atoms. The van der Waals surface area contributed by atoms with Crippen molar-refractivity contribution in [1.82, 2.24) is 15.0 Å². The van der Waals surface area contributed by atoms with Gasteiger partial charge in [0, 0.05) is 38.2 Å². The average molecular weight is 682 g/mol. The van der Waals surface area contributed by atoms with Crippen molar-refractivity contribution < 1.29 is 20.1 Å². The fraction of sp³-hybridized carbons (Fsp3) is 0.0571. The van der Waals surface area contributed by atoms with E-state index in [0.29, 0.717) is 0 Å². The fourth-order valence-corrected chi connectivity index (χ4v) is 3.97. The summed E-state index contributed by atoms with van der Waals surface area (Å²) >= 11 is 0. The van der Waals surface area contributed by atoms with Crippen molar-refractivity contribution >= 4 is 0 Å². The van der Waals surface area contributed by atoms with E-state index in [2.05, 4.69) is 69.5 Å². The van der Waals surface area contributed by atoms with Crippen LogP contribution >= 0.6 is 0 Å². The molecule has 39 heavy (non-hydrogen) atoms. The molecule has 193 valence electrons. The largest absolute Gasteiger partial charge is 0.304 e. The molecule has 2 heterocycles. The fourth-order valence-electron chi connectivity index (χ4n) is 3.97. The van der Waals surface area contributed by atoms with Crippen molar-refractivity contribution in [2.75, 3.05) is 0 Å². The smallest absolute Gasteiger partial charge is 0.0751 e. The number of aryl methyl sites for hydroxylation is 2. The Morgan fingerprint density at radius 3 is 1.82 bits per heavy atom. The molecule has 0 fully saturated rings. The predicted octanol–water partition coefficient (Wildman–Crippen LogP) is 8.44. The maximum absolute atomic E-state index is 4.54. The Kier molecular flexibility index (Phi) is 9.63. The van der Waals surface area contributed by atoms with Crippen molar-refractivity contribution in [3.8, 4) is 44.9 Å². The van der Waals surface area contributed by atoms with E-state index in [1.807, 2.05) is 99.0 Å². The third-order valence-corrected chi connectivity index (χ3v) is 6.23. The summed E-state index contributed by atoms with van der Waals surface area (Å²) in [6.07, 6.45) is 3.77. The van der Waals surface area contributed by atoms with Crippen LogP contribution in [0.3, 0.4) is 0 Å². The van der Waals surface area contributed by atoms with E-state index in [-0.39, 0.29) is 20.1 Å². The molecule has 3 nitrogen and oxygen atoms in total. The van der Waals surface area contributed by atoms with Crippen LogP contribution in [-0.4, -0.2) is 15.0 Å². The molecule has 4 heteroatoms. The molecule has 0 aliphatic rings. The SMILES string of the molecule is Cc1cnc(-c2[c-]ccc(-c3ccccc3)c2)nc1C.[Ir].[c-]1ccccc1-c1ccc(-c2ccccc2)cn1. The topological polar surface area (TPSA) is 38.7 Å². The van der Waals surface area contributed by atoms with Crippen LogP contribution < -0.4 is 0 Å². The standard InChI is InChI=1S/C18H15N2.C17H12N.Ir/c1-13-12-19-18(20-14(13)2)17-10-6-9-16(11-17)15-7-4-3-5-8-15;1-3-7-14(8-4-1)16-11-12-17(18-13-16)15-9-5-2-6-10-15;/h3-9,11-12H,1-2H3;1-9,11-13H;/q2*-1;. The van der Waals surface area contributed by atoms with Gasteiger partial charge in [0.1, 0.15) is 0 Å². The molecule has 0 N–H and O–H groups in total. The number of nitrogens with zero attached hydrogens (tertiary/aromatic N) is 3. The van der Waals surface area contributed by atoms with Gasteiger partial charge in [-0.1, -0.05) is 72.8 Å². The molecule has 0 aliphatic heterocycles. The number of pyridine rings is 1. The molecule has 6 aromatic rings. The minimum absolute atomic E-state index is 0. The summed E-state index contributed by atoms with van der Waals surface area (Å²) in [5.41, 5.74) is 9.68. The number of benzene rings is 4. The van der Waals surface area contributed by atoms with Gasteiger partial charge in [-0.2, -0.15) is 0 Å². The van der Waals surface area contributed by atoms with E-state index in [1.54, 1.807) is 0 Å². The number of aromatic nitrogens is 3. The van der Waals surface area contributed by atoms with E-state index in [0.717, 1.165) is 45.0 Å². The summed E-state index contributed by atoms with van der Waals surface area (Å²) in [6.45, 7) is 4.02. The van der Waals surface area contributed by atoms with Crippen LogP contribution in [-0.2, 0) is 20.1 Å². The minimum atomic E-state index is 0. The Bertz CT molecular complexity index is 1540. The zero-order chi connectivity index (χ0) is 26.2. The molecule has 4 aromatic carbocycles. The Morgan fingerprint density at radius 1 is 0.538 bits per heavy atom. The van der Waals surface area contributed by atoms with Crippen molar-refractivity contribution in [2.45, 2.75) is 13.8 Å². The Morgan fingerprint density at radius 2 is 1.21 bits per heavy atom. The first-order chi connectivity index (χ1) is 18.7. The summed E-state index contributed by atoms with van der Waals surface area (Å²) in [5.74, 6) is 0.728. The molecular weight excluding hydrogens is 655 g/mol. The zero-order valence-electron chi connectivity index (χ0n) is 21.8. The van der Waals surface area contributed by atoms with Crippen LogP contribution in [0, 0.1) is 26.0 Å². The van der Waals surface area contributed by atoms with Crippen LogP contribution in [0.25, 0.3) is 44.9 Å². The van der Waals surface area contributed by atoms with Crippen LogP contribution in [0.15, 0.2) is 128 Å². The zero-order valence-corrected chi connectivity index (χ0v) is 24.2. The van der Waals surface area contributed by atoms with Crippen LogP contribution in [0.5, 0.6) is 0 Å². The van der Waals surface area contributed by atoms with Gasteiger partial charge in [0.15, 0.2) is 0 Å². The summed E-state index contributed by atoms with van der Waals surface area (Å²) in [7, 11) is 0. The second-order valence-electron chi connectivity index (χ2n) is 8.89. The van der Waals surface area contributed by atoms with Gasteiger partial charge in [-0.3, -0.25) is 9.97 Å². The molecule has 2 aromatic heterocycles. The summed E-state index contributed by atoms with van der Waals surface area (Å²) in [5, 5.41) is 0. The van der Waals surface area contributed by atoms with Crippen molar-refractivity contribution in [3.05, 3.63) is 151 Å². The Balaban J connectivity index is 0.000000177. The van der Waals surface area contributed by atoms with Crippen molar-refractivity contribution in [3.63, 3.8) is 0 Å². The summed E-state index contributed by atoms with van der Waals surface area (Å²) < 4.78 is 0. The molecule has 0 aliphatic carbocycles. The first-order valence-corrected chi connectivity index (χ1v) is 12.5. The van der Waals surface area contributed by atoms with Gasteiger partial charge in [0.25, 0.3) is 0 Å². The molecule has 0 saturated carbocycles. The van der Waals surface area contributed by atoms with E-state index in [9.17, 15) is 0 Å². The number of hydrogen-bond acceptors (Lipinski definition) is 3. The van der Waals surface area contributed by atoms with Crippen molar-refractivity contribution in [2.24, 2.45) is 0 Å². The first kappa shape index (κ1) is 27.8. The van der Waals surface area contributed by atoms with Gasteiger partial charge in [0.05, 0.1) is 5.82 Å². The van der Waals surface area contributed by atoms with E-state index >= 15 is 0 Å². The number of hydrogen-bond donors (Lipinski definition) is 0. The van der Waals surface area contributed by atoms with Gasteiger partial charge in [-0.15, -0.1) is 71.3 Å². The maximum atomic E-state index is 4.54. The van der Waals surface area contributed by atoms with Gasteiger partial charge < -0.3 is 4.98 Å². The van der Waals surface area contributed by atoms with Crippen LogP contribution in [0.4, 0.5) is 0 Å². The van der Waals surface area contributed by atoms with Gasteiger partial charge in [0.2, 0.25) is 0 Å². The Labute approximate surface area is 244 Å². The monoisotopic (exact) mass is 682 g/mol. The summed E-state index contributed by atoms with van der Waals surface area (Å²) in [4.78, 5) is 13.4.